The van der Waals surface area contributed by atoms with Gasteiger partial charge in [-0.05, 0) is 19.1 Å². The van der Waals surface area contributed by atoms with Crippen molar-refractivity contribution < 1.29 is 17.8 Å². The topological polar surface area (TPSA) is 131 Å². The minimum atomic E-state index is -4.07. The molecule has 106 valence electrons. The van der Waals surface area contributed by atoms with Crippen LogP contribution in [0, 0.1) is 12.3 Å². The van der Waals surface area contributed by atoms with E-state index in [1.54, 1.807) is 12.1 Å². The van der Waals surface area contributed by atoms with E-state index in [2.05, 4.69) is 4.98 Å². The Morgan fingerprint density at radius 2 is 1.95 bits per heavy atom. The average molecular weight is 296 g/mol. The van der Waals surface area contributed by atoms with Crippen molar-refractivity contribution in [1.29, 1.82) is 5.41 Å². The molecule has 1 aromatic carbocycles. The van der Waals surface area contributed by atoms with Crippen LogP contribution in [0.2, 0.25) is 0 Å². The summed E-state index contributed by atoms with van der Waals surface area (Å²) in [6.07, 6.45) is 0. The van der Waals surface area contributed by atoms with Crippen molar-refractivity contribution in [2.45, 2.75) is 11.8 Å². The molecule has 0 saturated heterocycles. The summed E-state index contributed by atoms with van der Waals surface area (Å²) in [5, 5.41) is 16.5. The van der Waals surface area contributed by atoms with Gasteiger partial charge in [-0.15, -0.1) is 4.73 Å². The van der Waals surface area contributed by atoms with Gasteiger partial charge in [0, 0.05) is 6.07 Å². The number of hydrogen-bond acceptors (Lipinski definition) is 7. The van der Waals surface area contributed by atoms with Gasteiger partial charge in [0.15, 0.2) is 0 Å². The lowest BCUT2D eigenvalue weighted by molar-refractivity contribution is 0.170. The number of nitrogen functional groups attached to an aromatic ring is 1. The van der Waals surface area contributed by atoms with Crippen LogP contribution in [0.3, 0.4) is 0 Å². The molecule has 0 spiro atoms. The Morgan fingerprint density at radius 3 is 2.50 bits per heavy atom. The van der Waals surface area contributed by atoms with Crippen molar-refractivity contribution in [2.75, 3.05) is 5.73 Å². The molecule has 20 heavy (non-hydrogen) atoms. The zero-order valence-corrected chi connectivity index (χ0v) is 11.3. The summed E-state index contributed by atoms with van der Waals surface area (Å²) in [7, 11) is -4.07. The van der Waals surface area contributed by atoms with Gasteiger partial charge >= 0.3 is 10.1 Å². The second-order valence-corrected chi connectivity index (χ2v) is 5.55. The largest absolute Gasteiger partial charge is 0.423 e. The summed E-state index contributed by atoms with van der Waals surface area (Å²) < 4.78 is 29.1. The molecule has 1 heterocycles. The Labute approximate surface area is 114 Å². The first kappa shape index (κ1) is 13.9. The summed E-state index contributed by atoms with van der Waals surface area (Å²) in [4.78, 5) is 3.41. The summed E-state index contributed by atoms with van der Waals surface area (Å²) >= 11 is 0. The van der Waals surface area contributed by atoms with Crippen molar-refractivity contribution in [3.05, 3.63) is 41.5 Å². The number of nitrogens with two attached hydrogens (primary N) is 1. The zero-order valence-electron chi connectivity index (χ0n) is 10.4. The second kappa shape index (κ2) is 4.85. The van der Waals surface area contributed by atoms with E-state index < -0.39 is 21.6 Å². The molecule has 1 aromatic heterocycles. The highest BCUT2D eigenvalue weighted by molar-refractivity contribution is 7.87. The van der Waals surface area contributed by atoms with Gasteiger partial charge in [-0.3, -0.25) is 5.41 Å². The molecule has 8 nitrogen and oxygen atoms in total. The van der Waals surface area contributed by atoms with Crippen LogP contribution in [0.1, 0.15) is 5.56 Å². The standard InChI is InChI=1S/C11H12N4O4S/c1-7-2-4-8(5-3-7)20(17,18)19-10-6-9(12)15(16)11(13)14-10/h2-6,13,16H,12H2,1H3. The predicted octanol–water partition coefficient (Wildman–Crippen LogP) is 0.258. The van der Waals surface area contributed by atoms with E-state index in [4.69, 9.17) is 15.3 Å². The molecule has 0 saturated carbocycles. The smallest absolute Gasteiger partial charge is 0.340 e. The maximum absolute atomic E-state index is 12.0. The van der Waals surface area contributed by atoms with Gasteiger partial charge in [-0.1, -0.05) is 17.7 Å². The highest BCUT2D eigenvalue weighted by Gasteiger charge is 2.18. The van der Waals surface area contributed by atoms with Crippen LogP contribution >= 0.6 is 0 Å². The molecule has 2 aromatic rings. The van der Waals surface area contributed by atoms with E-state index in [0.29, 0.717) is 4.73 Å². The SMILES string of the molecule is Cc1ccc(S(=O)(=O)Oc2cc(N)n(O)c(=N)n2)cc1. The summed E-state index contributed by atoms with van der Waals surface area (Å²) in [5.41, 5.74) is 5.64. The fraction of sp³-hybridized carbons (Fsp3) is 0.0909. The summed E-state index contributed by atoms with van der Waals surface area (Å²) in [5.74, 6) is -0.655. The first-order valence-corrected chi connectivity index (χ1v) is 6.85. The lowest BCUT2D eigenvalue weighted by Crippen LogP contribution is -2.25. The Kier molecular flexibility index (Phi) is 3.36. The number of benzene rings is 1. The molecule has 0 bridgehead atoms. The van der Waals surface area contributed by atoms with Crippen LogP contribution in [0.25, 0.3) is 0 Å². The fourth-order valence-corrected chi connectivity index (χ4v) is 2.28. The van der Waals surface area contributed by atoms with Crippen molar-refractivity contribution in [3.8, 4) is 5.88 Å². The minimum absolute atomic E-state index is 0.0456. The quantitative estimate of drug-likeness (QED) is 0.550. The van der Waals surface area contributed by atoms with Crippen LogP contribution in [-0.4, -0.2) is 23.3 Å². The Morgan fingerprint density at radius 1 is 1.35 bits per heavy atom. The lowest BCUT2D eigenvalue weighted by atomic mass is 10.2. The number of nitrogens with zero attached hydrogens (tertiary/aromatic N) is 2. The first-order valence-electron chi connectivity index (χ1n) is 5.44. The summed E-state index contributed by atoms with van der Waals surface area (Å²) in [6, 6.07) is 7.04. The van der Waals surface area contributed by atoms with Crippen LogP contribution in [0.15, 0.2) is 35.2 Å². The third-order valence-electron chi connectivity index (χ3n) is 2.44. The highest BCUT2D eigenvalue weighted by Crippen LogP contribution is 2.17. The maximum Gasteiger partial charge on any atom is 0.340 e. The van der Waals surface area contributed by atoms with E-state index in [9.17, 15) is 13.6 Å². The lowest BCUT2D eigenvalue weighted by Gasteiger charge is -2.08. The number of anilines is 1. The molecule has 0 aliphatic carbocycles. The normalized spacial score (nSPS) is 11.2. The van der Waals surface area contributed by atoms with Gasteiger partial charge in [0.25, 0.3) is 5.62 Å². The minimum Gasteiger partial charge on any atom is -0.423 e. The number of rotatable bonds is 3. The van der Waals surface area contributed by atoms with E-state index in [-0.39, 0.29) is 10.7 Å². The molecular weight excluding hydrogens is 284 g/mol. The maximum atomic E-state index is 12.0. The third kappa shape index (κ3) is 2.72. The van der Waals surface area contributed by atoms with Gasteiger partial charge in [0.1, 0.15) is 10.7 Å². The predicted molar refractivity (Wildman–Crippen MR) is 68.7 cm³/mol. The molecule has 9 heteroatoms. The third-order valence-corrected chi connectivity index (χ3v) is 3.68. The van der Waals surface area contributed by atoms with Gasteiger partial charge in [0.2, 0.25) is 5.88 Å². The molecular formula is C11H12N4O4S. The van der Waals surface area contributed by atoms with Crippen LogP contribution in [0.4, 0.5) is 5.82 Å². The highest BCUT2D eigenvalue weighted by atomic mass is 32.2. The van der Waals surface area contributed by atoms with E-state index >= 15 is 0 Å². The van der Waals surface area contributed by atoms with Crippen molar-refractivity contribution in [1.82, 2.24) is 9.71 Å². The number of hydrogen-bond donors (Lipinski definition) is 3. The zero-order chi connectivity index (χ0) is 14.9. The van der Waals surface area contributed by atoms with E-state index in [1.165, 1.54) is 12.1 Å². The molecule has 0 aliphatic rings. The Balaban J connectivity index is 2.38. The van der Waals surface area contributed by atoms with Gasteiger partial charge < -0.3 is 15.1 Å². The van der Waals surface area contributed by atoms with Crippen LogP contribution in [0.5, 0.6) is 5.88 Å². The molecule has 0 atom stereocenters. The Bertz CT molecular complexity index is 796. The van der Waals surface area contributed by atoms with Gasteiger partial charge in [0.05, 0.1) is 0 Å². The molecule has 0 unspecified atom stereocenters. The van der Waals surface area contributed by atoms with Crippen LogP contribution < -0.4 is 15.5 Å². The number of aromatic nitrogens is 2. The molecule has 2 rings (SSSR count). The van der Waals surface area contributed by atoms with Gasteiger partial charge in [-0.2, -0.15) is 13.4 Å². The molecule has 0 amide bonds. The molecule has 0 aliphatic heterocycles. The first-order chi connectivity index (χ1) is 9.29. The molecule has 4 N–H and O–H groups in total. The number of aryl methyl sites for hydroxylation is 1. The van der Waals surface area contributed by atoms with E-state index in [0.717, 1.165) is 11.6 Å². The van der Waals surface area contributed by atoms with Crippen molar-refractivity contribution >= 4 is 15.9 Å². The molecule has 0 fully saturated rings. The Hall–Kier alpha value is -2.55. The average Bonchev–Trinajstić information content (AvgIpc) is 2.36. The fourth-order valence-electron chi connectivity index (χ4n) is 1.40. The number of nitrogens with one attached hydrogen (secondary N) is 1. The van der Waals surface area contributed by atoms with Gasteiger partial charge in [-0.25, -0.2) is 0 Å². The second-order valence-electron chi connectivity index (χ2n) is 4.01. The van der Waals surface area contributed by atoms with Crippen molar-refractivity contribution in [2.24, 2.45) is 0 Å². The van der Waals surface area contributed by atoms with E-state index in [1.807, 2.05) is 6.92 Å². The van der Waals surface area contributed by atoms with Crippen molar-refractivity contribution in [3.63, 3.8) is 0 Å². The monoisotopic (exact) mass is 296 g/mol. The molecule has 0 radical (unpaired) electrons. The van der Waals surface area contributed by atoms with Crippen LogP contribution in [-0.2, 0) is 10.1 Å². The summed E-state index contributed by atoms with van der Waals surface area (Å²) in [6.45, 7) is 1.82.